The lowest BCUT2D eigenvalue weighted by Crippen LogP contribution is -2.43. The number of carbonyl (C=O) groups excluding carboxylic acids is 1. The summed E-state index contributed by atoms with van der Waals surface area (Å²) in [7, 11) is 0. The van der Waals surface area contributed by atoms with Crippen LogP contribution in [-0.4, -0.2) is 36.2 Å². The molecule has 0 spiro atoms. The Balaban J connectivity index is 1.83. The van der Waals surface area contributed by atoms with Gasteiger partial charge in [0.25, 0.3) is 0 Å². The minimum absolute atomic E-state index is 0.145. The Morgan fingerprint density at radius 1 is 1.32 bits per heavy atom. The standard InChI is InChI=1S/C15H19ClFNO/c16-10-15(11-19)18-7-5-13(6-8-18)9-12-1-3-14(17)4-2-12/h1-4,11,13,15H,5-10H2. The first-order chi connectivity index (χ1) is 9.22. The summed E-state index contributed by atoms with van der Waals surface area (Å²) in [6.45, 7) is 1.84. The van der Waals surface area contributed by atoms with Gasteiger partial charge in [-0.3, -0.25) is 4.90 Å². The first kappa shape index (κ1) is 14.5. The smallest absolute Gasteiger partial charge is 0.138 e. The van der Waals surface area contributed by atoms with Crippen LogP contribution in [0.1, 0.15) is 18.4 Å². The number of alkyl halides is 1. The van der Waals surface area contributed by atoms with Gasteiger partial charge in [-0.05, 0) is 56.0 Å². The molecule has 1 heterocycles. The second kappa shape index (κ2) is 7.01. The number of aldehydes is 1. The molecule has 0 amide bonds. The van der Waals surface area contributed by atoms with Gasteiger partial charge in [0, 0.05) is 5.88 Å². The lowest BCUT2D eigenvalue weighted by Gasteiger charge is -2.34. The molecule has 1 fully saturated rings. The van der Waals surface area contributed by atoms with E-state index in [9.17, 15) is 9.18 Å². The number of carbonyl (C=O) groups is 1. The van der Waals surface area contributed by atoms with Gasteiger partial charge in [0.15, 0.2) is 0 Å². The largest absolute Gasteiger partial charge is 0.302 e. The van der Waals surface area contributed by atoms with Crippen LogP contribution >= 0.6 is 11.6 Å². The fourth-order valence-electron chi connectivity index (χ4n) is 2.66. The molecular formula is C15H19ClFNO. The number of hydrogen-bond acceptors (Lipinski definition) is 2. The quantitative estimate of drug-likeness (QED) is 0.612. The summed E-state index contributed by atoms with van der Waals surface area (Å²) in [6.07, 6.45) is 4.06. The molecule has 1 saturated heterocycles. The Morgan fingerprint density at radius 3 is 2.47 bits per heavy atom. The van der Waals surface area contributed by atoms with Gasteiger partial charge in [0.05, 0.1) is 6.04 Å². The van der Waals surface area contributed by atoms with E-state index >= 15 is 0 Å². The van der Waals surface area contributed by atoms with Crippen LogP contribution in [0.2, 0.25) is 0 Å². The highest BCUT2D eigenvalue weighted by molar-refractivity contribution is 6.19. The number of halogens is 2. The van der Waals surface area contributed by atoms with Crippen molar-refractivity contribution in [3.63, 3.8) is 0 Å². The molecule has 104 valence electrons. The van der Waals surface area contributed by atoms with Crippen molar-refractivity contribution in [1.29, 1.82) is 0 Å². The lowest BCUT2D eigenvalue weighted by atomic mass is 9.90. The first-order valence-electron chi connectivity index (χ1n) is 6.72. The zero-order chi connectivity index (χ0) is 13.7. The molecule has 0 aliphatic carbocycles. The molecule has 4 heteroatoms. The zero-order valence-corrected chi connectivity index (χ0v) is 11.7. The van der Waals surface area contributed by atoms with Gasteiger partial charge in [0.2, 0.25) is 0 Å². The van der Waals surface area contributed by atoms with Crippen LogP contribution in [0.15, 0.2) is 24.3 Å². The Bertz CT molecular complexity index is 401. The molecule has 2 rings (SSSR count). The Kier molecular flexibility index (Phi) is 5.34. The van der Waals surface area contributed by atoms with E-state index in [2.05, 4.69) is 4.90 Å². The minimum atomic E-state index is -0.186. The summed E-state index contributed by atoms with van der Waals surface area (Å²) >= 11 is 5.77. The van der Waals surface area contributed by atoms with Crippen molar-refractivity contribution in [3.8, 4) is 0 Å². The maximum absolute atomic E-state index is 12.8. The van der Waals surface area contributed by atoms with Crippen molar-refractivity contribution in [1.82, 2.24) is 4.90 Å². The summed E-state index contributed by atoms with van der Waals surface area (Å²) in [5.74, 6) is 0.797. The van der Waals surface area contributed by atoms with E-state index in [1.807, 2.05) is 12.1 Å². The molecule has 1 atom stereocenters. The second-order valence-corrected chi connectivity index (χ2v) is 5.48. The lowest BCUT2D eigenvalue weighted by molar-refractivity contribution is -0.112. The number of rotatable bonds is 5. The van der Waals surface area contributed by atoms with Gasteiger partial charge in [-0.1, -0.05) is 12.1 Å². The number of likely N-dealkylation sites (tertiary alicyclic amines) is 1. The van der Waals surface area contributed by atoms with E-state index < -0.39 is 0 Å². The number of benzene rings is 1. The SMILES string of the molecule is O=CC(CCl)N1CCC(Cc2ccc(F)cc2)CC1. The highest BCUT2D eigenvalue weighted by Gasteiger charge is 2.24. The molecule has 0 N–H and O–H groups in total. The van der Waals surface area contributed by atoms with E-state index in [-0.39, 0.29) is 11.9 Å². The van der Waals surface area contributed by atoms with Crippen molar-refractivity contribution in [3.05, 3.63) is 35.6 Å². The van der Waals surface area contributed by atoms with Crippen LogP contribution in [0.25, 0.3) is 0 Å². The third-order valence-electron chi connectivity index (χ3n) is 3.87. The monoisotopic (exact) mass is 283 g/mol. The zero-order valence-electron chi connectivity index (χ0n) is 10.9. The van der Waals surface area contributed by atoms with Crippen LogP contribution in [0.4, 0.5) is 4.39 Å². The summed E-state index contributed by atoms with van der Waals surface area (Å²) in [5.41, 5.74) is 1.18. The summed E-state index contributed by atoms with van der Waals surface area (Å²) < 4.78 is 12.8. The first-order valence-corrected chi connectivity index (χ1v) is 7.26. The van der Waals surface area contributed by atoms with Gasteiger partial charge in [-0.15, -0.1) is 11.6 Å². The molecule has 1 aromatic rings. The summed E-state index contributed by atoms with van der Waals surface area (Å²) in [5, 5.41) is 0. The van der Waals surface area contributed by atoms with E-state index in [0.29, 0.717) is 11.8 Å². The molecular weight excluding hydrogens is 265 g/mol. The maximum Gasteiger partial charge on any atom is 0.138 e. The van der Waals surface area contributed by atoms with Crippen LogP contribution in [0.3, 0.4) is 0 Å². The van der Waals surface area contributed by atoms with Crippen molar-refractivity contribution in [2.75, 3.05) is 19.0 Å². The number of piperidine rings is 1. The minimum Gasteiger partial charge on any atom is -0.302 e. The molecule has 19 heavy (non-hydrogen) atoms. The van der Waals surface area contributed by atoms with Gasteiger partial charge in [-0.2, -0.15) is 0 Å². The summed E-state index contributed by atoms with van der Waals surface area (Å²) in [4.78, 5) is 13.0. The van der Waals surface area contributed by atoms with Gasteiger partial charge in [-0.25, -0.2) is 4.39 Å². The molecule has 1 aliphatic rings. The molecule has 1 unspecified atom stereocenters. The number of hydrogen-bond donors (Lipinski definition) is 0. The predicted molar refractivity (Wildman–Crippen MR) is 75.0 cm³/mol. The normalized spacial score (nSPS) is 19.3. The highest BCUT2D eigenvalue weighted by atomic mass is 35.5. The van der Waals surface area contributed by atoms with Crippen LogP contribution in [-0.2, 0) is 11.2 Å². The third-order valence-corrected chi connectivity index (χ3v) is 4.19. The van der Waals surface area contributed by atoms with Crippen molar-refractivity contribution < 1.29 is 9.18 Å². The fourth-order valence-corrected chi connectivity index (χ4v) is 2.93. The number of nitrogens with zero attached hydrogens (tertiary/aromatic N) is 1. The Hall–Kier alpha value is -0.930. The van der Waals surface area contributed by atoms with Crippen LogP contribution in [0.5, 0.6) is 0 Å². The molecule has 0 aromatic heterocycles. The second-order valence-electron chi connectivity index (χ2n) is 5.17. The van der Waals surface area contributed by atoms with Crippen molar-refractivity contribution in [2.45, 2.75) is 25.3 Å². The maximum atomic E-state index is 12.8. The highest BCUT2D eigenvalue weighted by Crippen LogP contribution is 2.23. The predicted octanol–water partition coefficient (Wildman–Crippen LogP) is 2.89. The Labute approximate surface area is 118 Å². The van der Waals surface area contributed by atoms with Crippen molar-refractivity contribution >= 4 is 17.9 Å². The fraction of sp³-hybridized carbons (Fsp3) is 0.533. The van der Waals surface area contributed by atoms with Crippen LogP contribution < -0.4 is 0 Å². The molecule has 1 aromatic carbocycles. The van der Waals surface area contributed by atoms with Gasteiger partial charge >= 0.3 is 0 Å². The van der Waals surface area contributed by atoms with Gasteiger partial charge in [0.1, 0.15) is 12.1 Å². The Morgan fingerprint density at radius 2 is 1.95 bits per heavy atom. The third kappa shape index (κ3) is 4.02. The van der Waals surface area contributed by atoms with Gasteiger partial charge < -0.3 is 4.79 Å². The molecule has 0 radical (unpaired) electrons. The van der Waals surface area contributed by atoms with E-state index in [4.69, 9.17) is 11.6 Å². The van der Waals surface area contributed by atoms with E-state index in [1.165, 1.54) is 17.7 Å². The molecule has 0 bridgehead atoms. The van der Waals surface area contributed by atoms with E-state index in [1.54, 1.807) is 0 Å². The van der Waals surface area contributed by atoms with Crippen LogP contribution in [0, 0.1) is 11.7 Å². The topological polar surface area (TPSA) is 20.3 Å². The molecule has 2 nitrogen and oxygen atoms in total. The molecule has 0 saturated carbocycles. The average molecular weight is 284 g/mol. The average Bonchev–Trinajstić information content (AvgIpc) is 2.44. The summed E-state index contributed by atoms with van der Waals surface area (Å²) in [6, 6.07) is 6.60. The van der Waals surface area contributed by atoms with Crippen molar-refractivity contribution in [2.24, 2.45) is 5.92 Å². The molecule has 1 aliphatic heterocycles. The van der Waals surface area contributed by atoms with E-state index in [0.717, 1.165) is 38.6 Å².